The number of aryl methyl sites for hydroxylation is 1. The van der Waals surface area contributed by atoms with Gasteiger partial charge in [0.25, 0.3) is 0 Å². The maximum atomic E-state index is 10.9. The van der Waals surface area contributed by atoms with E-state index in [0.717, 1.165) is 36.8 Å². The van der Waals surface area contributed by atoms with Crippen molar-refractivity contribution in [2.24, 2.45) is 0 Å². The van der Waals surface area contributed by atoms with Crippen LogP contribution in [0.25, 0.3) is 0 Å². The van der Waals surface area contributed by atoms with Gasteiger partial charge in [0.15, 0.2) is 5.16 Å². The van der Waals surface area contributed by atoms with Gasteiger partial charge in [0.2, 0.25) is 0 Å². The molecule has 0 aliphatic carbocycles. The Morgan fingerprint density at radius 3 is 3.06 bits per heavy atom. The van der Waals surface area contributed by atoms with Crippen LogP contribution >= 0.6 is 11.8 Å². The molecule has 0 spiro atoms. The molecule has 1 aromatic heterocycles. The van der Waals surface area contributed by atoms with Crippen LogP contribution in [0.3, 0.4) is 0 Å². The molecule has 2 heterocycles. The Morgan fingerprint density at radius 1 is 1.50 bits per heavy atom. The summed E-state index contributed by atoms with van der Waals surface area (Å²) < 4.78 is 2.13. The lowest BCUT2D eigenvalue weighted by molar-refractivity contribution is -0.138. The van der Waals surface area contributed by atoms with Crippen molar-refractivity contribution in [3.63, 3.8) is 0 Å². The number of carboxylic acids is 1. The summed E-state index contributed by atoms with van der Waals surface area (Å²) in [4.78, 5) is 10.9. The summed E-state index contributed by atoms with van der Waals surface area (Å²) in [5, 5.41) is 20.9. The number of nitrogens with zero attached hydrogens (tertiary/aromatic N) is 3. The topological polar surface area (TPSA) is 80.0 Å². The molecule has 1 atom stereocenters. The van der Waals surface area contributed by atoms with Gasteiger partial charge in [-0.2, -0.15) is 0 Å². The van der Waals surface area contributed by atoms with E-state index in [9.17, 15) is 4.79 Å². The summed E-state index contributed by atoms with van der Waals surface area (Å²) in [6.07, 6.45) is 4.51. The van der Waals surface area contributed by atoms with E-state index in [1.807, 2.05) is 0 Å². The number of carboxylic acid groups (broad SMARTS) is 1. The molecule has 0 bridgehead atoms. The fourth-order valence-corrected chi connectivity index (χ4v) is 3.08. The Kier molecular flexibility index (Phi) is 4.60. The second-order valence-electron chi connectivity index (χ2n) is 4.35. The third kappa shape index (κ3) is 3.02. The van der Waals surface area contributed by atoms with E-state index in [1.54, 1.807) is 7.05 Å². The number of hydrogen-bond donors (Lipinski definition) is 2. The Balaban J connectivity index is 2.01. The number of hydrogen-bond acceptors (Lipinski definition) is 5. The molecule has 0 amide bonds. The van der Waals surface area contributed by atoms with E-state index in [1.165, 1.54) is 18.2 Å². The molecule has 1 aliphatic heterocycles. The highest BCUT2D eigenvalue weighted by atomic mass is 32.2. The molecule has 1 aromatic rings. The zero-order valence-electron chi connectivity index (χ0n) is 10.4. The van der Waals surface area contributed by atoms with Crippen LogP contribution in [0.15, 0.2) is 5.16 Å². The molecule has 18 heavy (non-hydrogen) atoms. The van der Waals surface area contributed by atoms with Crippen LogP contribution in [0, 0.1) is 0 Å². The van der Waals surface area contributed by atoms with Crippen LogP contribution in [-0.4, -0.2) is 44.7 Å². The minimum absolute atomic E-state index is 0.462. The highest BCUT2D eigenvalue weighted by Crippen LogP contribution is 2.22. The van der Waals surface area contributed by atoms with Gasteiger partial charge >= 0.3 is 5.97 Å². The lowest BCUT2D eigenvalue weighted by Crippen LogP contribution is -2.36. The maximum Gasteiger partial charge on any atom is 0.321 e. The molecular formula is C11H18N4O2S. The average Bonchev–Trinajstić information content (AvgIpc) is 2.59. The van der Waals surface area contributed by atoms with Gasteiger partial charge in [-0.15, -0.1) is 10.2 Å². The van der Waals surface area contributed by atoms with Crippen molar-refractivity contribution in [1.29, 1.82) is 0 Å². The van der Waals surface area contributed by atoms with Gasteiger partial charge in [-0.25, -0.2) is 0 Å². The monoisotopic (exact) mass is 270 g/mol. The fourth-order valence-electron chi connectivity index (χ4n) is 2.00. The van der Waals surface area contributed by atoms with Gasteiger partial charge < -0.3 is 15.0 Å². The largest absolute Gasteiger partial charge is 0.480 e. The third-order valence-corrected chi connectivity index (χ3v) is 4.16. The summed E-state index contributed by atoms with van der Waals surface area (Å²) in [5.41, 5.74) is 0. The van der Waals surface area contributed by atoms with Crippen molar-refractivity contribution in [1.82, 2.24) is 20.1 Å². The van der Waals surface area contributed by atoms with E-state index in [2.05, 4.69) is 20.1 Å². The first-order chi connectivity index (χ1) is 8.72. The molecule has 100 valence electrons. The Hall–Kier alpha value is -1.08. The number of rotatable bonds is 5. The first-order valence-corrected chi connectivity index (χ1v) is 7.16. The van der Waals surface area contributed by atoms with Gasteiger partial charge in [-0.3, -0.25) is 4.79 Å². The Bertz CT molecular complexity index is 421. The normalized spacial score (nSPS) is 16.9. The summed E-state index contributed by atoms with van der Waals surface area (Å²) in [6.45, 7) is 0.946. The minimum atomic E-state index is -0.833. The number of thioether (sulfide) groups is 1. The average molecular weight is 270 g/mol. The number of likely N-dealkylation sites (N-methyl/N-ethyl adjacent to an activating group) is 1. The molecule has 1 aliphatic rings. The zero-order chi connectivity index (χ0) is 13.0. The predicted molar refractivity (Wildman–Crippen MR) is 68.8 cm³/mol. The summed E-state index contributed by atoms with van der Waals surface area (Å²) in [7, 11) is 1.66. The smallest absolute Gasteiger partial charge is 0.321 e. The van der Waals surface area contributed by atoms with Crippen molar-refractivity contribution < 1.29 is 9.90 Å². The van der Waals surface area contributed by atoms with Crippen molar-refractivity contribution in [2.75, 3.05) is 12.8 Å². The number of aliphatic carboxylic acids is 1. The summed E-state index contributed by atoms with van der Waals surface area (Å²) in [5.74, 6) is 0.663. The molecule has 2 N–H and O–H groups in total. The molecule has 0 saturated heterocycles. The second kappa shape index (κ2) is 6.19. The first-order valence-electron chi connectivity index (χ1n) is 6.17. The summed E-state index contributed by atoms with van der Waals surface area (Å²) >= 11 is 1.46. The van der Waals surface area contributed by atoms with Gasteiger partial charge in [0, 0.05) is 18.7 Å². The van der Waals surface area contributed by atoms with Gasteiger partial charge in [0.1, 0.15) is 11.9 Å². The SMILES string of the molecule is CNC(CSc1nnc2n1CCCCC2)C(=O)O. The van der Waals surface area contributed by atoms with E-state index in [0.29, 0.717) is 5.75 Å². The highest BCUT2D eigenvalue weighted by Gasteiger charge is 2.19. The molecule has 0 radical (unpaired) electrons. The molecular weight excluding hydrogens is 252 g/mol. The number of aromatic nitrogens is 3. The summed E-state index contributed by atoms with van der Waals surface area (Å²) in [6, 6.07) is -0.547. The fraction of sp³-hybridized carbons (Fsp3) is 0.727. The van der Waals surface area contributed by atoms with Crippen LogP contribution in [0.1, 0.15) is 25.1 Å². The van der Waals surface area contributed by atoms with Crippen molar-refractivity contribution in [2.45, 2.75) is 43.4 Å². The molecule has 1 unspecified atom stereocenters. The van der Waals surface area contributed by atoms with Gasteiger partial charge in [-0.05, 0) is 19.9 Å². The quantitative estimate of drug-likeness (QED) is 0.769. The maximum absolute atomic E-state index is 10.9. The first kappa shape index (κ1) is 13.4. The number of nitrogens with one attached hydrogen (secondary N) is 1. The second-order valence-corrected chi connectivity index (χ2v) is 5.34. The van der Waals surface area contributed by atoms with Crippen molar-refractivity contribution >= 4 is 17.7 Å². The predicted octanol–water partition coefficient (Wildman–Crippen LogP) is 0.769. The number of fused-ring (bicyclic) bond motifs is 1. The minimum Gasteiger partial charge on any atom is -0.480 e. The number of carbonyl (C=O) groups is 1. The lowest BCUT2D eigenvalue weighted by Gasteiger charge is -2.11. The Labute approximate surface area is 110 Å². The standard InChI is InChI=1S/C11H18N4O2S/c1-12-8(10(16)17)7-18-11-14-13-9-5-3-2-4-6-15(9)11/h8,12H,2-7H2,1H3,(H,16,17). The highest BCUT2D eigenvalue weighted by molar-refractivity contribution is 7.99. The van der Waals surface area contributed by atoms with E-state index < -0.39 is 12.0 Å². The third-order valence-electron chi connectivity index (χ3n) is 3.10. The van der Waals surface area contributed by atoms with Crippen LogP contribution < -0.4 is 5.32 Å². The van der Waals surface area contributed by atoms with Gasteiger partial charge in [-0.1, -0.05) is 18.2 Å². The molecule has 2 rings (SSSR count). The Morgan fingerprint density at radius 2 is 2.33 bits per heavy atom. The lowest BCUT2D eigenvalue weighted by atomic mass is 10.2. The molecule has 7 heteroatoms. The van der Waals surface area contributed by atoms with Crippen LogP contribution in [0.4, 0.5) is 0 Å². The molecule has 6 nitrogen and oxygen atoms in total. The van der Waals surface area contributed by atoms with Crippen LogP contribution in [0.5, 0.6) is 0 Å². The zero-order valence-corrected chi connectivity index (χ0v) is 11.2. The molecule has 0 aromatic carbocycles. The van der Waals surface area contributed by atoms with E-state index in [-0.39, 0.29) is 0 Å². The van der Waals surface area contributed by atoms with Crippen molar-refractivity contribution in [3.05, 3.63) is 5.82 Å². The van der Waals surface area contributed by atoms with Crippen LogP contribution in [-0.2, 0) is 17.8 Å². The van der Waals surface area contributed by atoms with E-state index in [4.69, 9.17) is 5.11 Å². The molecule has 0 saturated carbocycles. The molecule has 0 fully saturated rings. The van der Waals surface area contributed by atoms with Crippen molar-refractivity contribution in [3.8, 4) is 0 Å². The van der Waals surface area contributed by atoms with Crippen LogP contribution in [0.2, 0.25) is 0 Å². The van der Waals surface area contributed by atoms with Gasteiger partial charge in [0.05, 0.1) is 0 Å². The van der Waals surface area contributed by atoms with E-state index >= 15 is 0 Å².